The van der Waals surface area contributed by atoms with Crippen molar-refractivity contribution >= 4 is 10.1 Å². The summed E-state index contributed by atoms with van der Waals surface area (Å²) in [6.07, 6.45) is 37.2. The molecule has 9 nitrogen and oxygen atoms in total. The van der Waals surface area contributed by atoms with Crippen LogP contribution >= 0.6 is 0 Å². The lowest BCUT2D eigenvalue weighted by Crippen LogP contribution is -2.29. The fourth-order valence-electron chi connectivity index (χ4n) is 7.13. The topological polar surface area (TPSA) is 98.8 Å². The van der Waals surface area contributed by atoms with Crippen molar-refractivity contribution in [3.05, 3.63) is 29.8 Å². The molecule has 0 saturated heterocycles. The van der Waals surface area contributed by atoms with Crippen molar-refractivity contribution in [3.8, 4) is 0 Å². The lowest BCUT2D eigenvalue weighted by Gasteiger charge is -2.18. The Morgan fingerprint density at radius 3 is 1.08 bits per heavy atom. The average Bonchev–Trinajstić information content (AvgIpc) is 3.25. The van der Waals surface area contributed by atoms with Crippen LogP contribution in [0, 0.1) is 6.92 Å². The molecule has 1 aromatic rings. The third-order valence-corrected chi connectivity index (χ3v) is 12.3. The molecule has 0 heterocycles. The maximum absolute atomic E-state index is 12.8. The summed E-state index contributed by atoms with van der Waals surface area (Å²) < 4.78 is 65.6. The molecule has 1 unspecified atom stereocenters. The summed E-state index contributed by atoms with van der Waals surface area (Å²) in [7, 11) is -3.93. The smallest absolute Gasteiger partial charge is 0.297 e. The Morgan fingerprint density at radius 1 is 0.383 bits per heavy atom. The first-order valence-electron chi connectivity index (χ1n) is 25.0. The van der Waals surface area contributed by atoms with Crippen LogP contribution in [0.1, 0.15) is 199 Å². The summed E-state index contributed by atoms with van der Waals surface area (Å²) >= 11 is 0. The van der Waals surface area contributed by atoms with Gasteiger partial charge in [0.05, 0.1) is 71.0 Å². The van der Waals surface area contributed by atoms with Gasteiger partial charge in [0.1, 0.15) is 6.10 Å². The molecule has 0 aliphatic heterocycles. The van der Waals surface area contributed by atoms with Gasteiger partial charge in [-0.15, -0.1) is 0 Å². The van der Waals surface area contributed by atoms with Crippen molar-refractivity contribution in [1.82, 2.24) is 0 Å². The third-order valence-electron chi connectivity index (χ3n) is 11.0. The maximum atomic E-state index is 12.8. The van der Waals surface area contributed by atoms with Gasteiger partial charge in [-0.05, 0) is 31.9 Å². The Balaban J connectivity index is 2.08. The van der Waals surface area contributed by atoms with Crippen LogP contribution in [-0.2, 0) is 42.7 Å². The van der Waals surface area contributed by atoms with Crippen LogP contribution in [0.25, 0.3) is 0 Å². The molecule has 0 spiro atoms. The van der Waals surface area contributed by atoms with Crippen LogP contribution in [0.3, 0.4) is 0 Å². The molecule has 354 valence electrons. The van der Waals surface area contributed by atoms with Gasteiger partial charge >= 0.3 is 0 Å². The molecule has 0 aliphatic rings. The number of unbranched alkanes of at least 4 members (excludes halogenated alkanes) is 26. The van der Waals surface area contributed by atoms with E-state index in [0.717, 1.165) is 31.6 Å². The monoisotopic (exact) mass is 871 g/mol. The molecule has 0 saturated carbocycles. The predicted octanol–water partition coefficient (Wildman–Crippen LogP) is 13.1. The first-order valence-corrected chi connectivity index (χ1v) is 26.4. The molecular weight excluding hydrogens is 777 g/mol. The van der Waals surface area contributed by atoms with E-state index in [1.807, 2.05) is 6.92 Å². The van der Waals surface area contributed by atoms with E-state index >= 15 is 0 Å². The van der Waals surface area contributed by atoms with Crippen molar-refractivity contribution in [3.63, 3.8) is 0 Å². The van der Waals surface area contributed by atoms with E-state index in [0.29, 0.717) is 46.2 Å². The molecular formula is C50H94O9S. The second-order valence-corrected chi connectivity index (χ2v) is 18.4. The van der Waals surface area contributed by atoms with E-state index in [2.05, 4.69) is 13.8 Å². The highest BCUT2D eigenvalue weighted by Crippen LogP contribution is 2.16. The molecule has 0 radical (unpaired) electrons. The summed E-state index contributed by atoms with van der Waals surface area (Å²) in [6.45, 7) is 11.6. The fraction of sp³-hybridized carbons (Fsp3) is 0.880. The van der Waals surface area contributed by atoms with Gasteiger partial charge in [0.2, 0.25) is 0 Å². The van der Waals surface area contributed by atoms with E-state index in [1.54, 1.807) is 24.3 Å². The standard InChI is InChI=1S/C50H94O9S/c1-4-6-8-10-12-14-16-18-20-22-24-26-28-30-36-53-38-40-55-42-43-57-46-49(47-59-60(51,52)50-34-32-48(3)33-35-50)58-45-44-56-41-39-54-37-31-29-27-25-23-21-19-17-15-13-11-9-7-5-2/h32-35,49H,4-31,36-47H2,1-3H3. The number of rotatable bonds is 49. The number of aryl methyl sites for hydroxylation is 1. The maximum Gasteiger partial charge on any atom is 0.297 e. The van der Waals surface area contributed by atoms with E-state index < -0.39 is 16.2 Å². The molecule has 1 atom stereocenters. The SMILES string of the molecule is CCCCCCCCCCCCCCCCOCCOCCOCC(COS(=O)(=O)c1ccc(C)cc1)OCCOCCOCCCCCCCCCCCCCCCC. The zero-order chi connectivity index (χ0) is 43.3. The third kappa shape index (κ3) is 38.6. The van der Waals surface area contributed by atoms with Gasteiger partial charge in [-0.25, -0.2) is 0 Å². The molecule has 0 bridgehead atoms. The Kier molecular flexibility index (Phi) is 42.2. The van der Waals surface area contributed by atoms with Crippen LogP contribution in [0.2, 0.25) is 0 Å². The summed E-state index contributed by atoms with van der Waals surface area (Å²) in [4.78, 5) is 0.116. The molecule has 0 aliphatic carbocycles. The molecule has 1 aromatic carbocycles. The second-order valence-electron chi connectivity index (χ2n) is 16.8. The first kappa shape index (κ1) is 56.9. The highest BCUT2D eigenvalue weighted by Gasteiger charge is 2.19. The summed E-state index contributed by atoms with van der Waals surface area (Å²) in [5.74, 6) is 0. The van der Waals surface area contributed by atoms with Crippen LogP contribution < -0.4 is 0 Å². The van der Waals surface area contributed by atoms with E-state index in [1.165, 1.54) is 167 Å². The number of ether oxygens (including phenoxy) is 6. The van der Waals surface area contributed by atoms with Gasteiger partial charge in [-0.2, -0.15) is 8.42 Å². The summed E-state index contributed by atoms with van der Waals surface area (Å²) in [6, 6.07) is 6.60. The van der Waals surface area contributed by atoms with Crippen molar-refractivity contribution in [2.24, 2.45) is 0 Å². The molecule has 0 N–H and O–H groups in total. The Hall–Kier alpha value is -1.11. The van der Waals surface area contributed by atoms with Gasteiger partial charge in [-0.3, -0.25) is 4.18 Å². The van der Waals surface area contributed by atoms with Crippen molar-refractivity contribution in [2.75, 3.05) is 79.3 Å². The summed E-state index contributed by atoms with van der Waals surface area (Å²) in [5, 5.41) is 0. The molecule has 1 rings (SSSR count). The number of hydrogen-bond donors (Lipinski definition) is 0. The highest BCUT2D eigenvalue weighted by molar-refractivity contribution is 7.86. The van der Waals surface area contributed by atoms with Crippen LogP contribution in [0.15, 0.2) is 29.2 Å². The van der Waals surface area contributed by atoms with Gasteiger partial charge in [0.15, 0.2) is 0 Å². The van der Waals surface area contributed by atoms with E-state index in [-0.39, 0.29) is 24.7 Å². The minimum absolute atomic E-state index is 0.116. The van der Waals surface area contributed by atoms with Crippen molar-refractivity contribution < 1.29 is 41.0 Å². The normalized spacial score (nSPS) is 12.4. The van der Waals surface area contributed by atoms with Crippen LogP contribution in [-0.4, -0.2) is 93.8 Å². The molecule has 0 amide bonds. The first-order chi connectivity index (χ1) is 29.5. The molecule has 10 heteroatoms. The average molecular weight is 871 g/mol. The van der Waals surface area contributed by atoms with Crippen molar-refractivity contribution in [1.29, 1.82) is 0 Å². The Labute approximate surface area is 370 Å². The lowest BCUT2D eigenvalue weighted by atomic mass is 10.0. The zero-order valence-electron chi connectivity index (χ0n) is 39.3. The van der Waals surface area contributed by atoms with Crippen LogP contribution in [0.5, 0.6) is 0 Å². The number of hydrogen-bond acceptors (Lipinski definition) is 9. The van der Waals surface area contributed by atoms with Gasteiger partial charge in [-0.1, -0.05) is 198 Å². The lowest BCUT2D eigenvalue weighted by molar-refractivity contribution is -0.0660. The predicted molar refractivity (Wildman–Crippen MR) is 249 cm³/mol. The Morgan fingerprint density at radius 2 is 0.700 bits per heavy atom. The van der Waals surface area contributed by atoms with Crippen molar-refractivity contribution in [2.45, 2.75) is 212 Å². The highest BCUT2D eigenvalue weighted by atomic mass is 32.2. The molecule has 60 heavy (non-hydrogen) atoms. The zero-order valence-corrected chi connectivity index (χ0v) is 40.1. The number of benzene rings is 1. The molecule has 0 fully saturated rings. The molecule has 0 aromatic heterocycles. The quantitative estimate of drug-likeness (QED) is 0.0468. The fourth-order valence-corrected chi connectivity index (χ4v) is 8.07. The largest absolute Gasteiger partial charge is 0.379 e. The van der Waals surface area contributed by atoms with Gasteiger partial charge in [0, 0.05) is 13.2 Å². The van der Waals surface area contributed by atoms with Crippen LogP contribution in [0.4, 0.5) is 0 Å². The van der Waals surface area contributed by atoms with Gasteiger partial charge in [0.25, 0.3) is 10.1 Å². The summed E-state index contributed by atoms with van der Waals surface area (Å²) in [5.41, 5.74) is 0.975. The van der Waals surface area contributed by atoms with Gasteiger partial charge < -0.3 is 28.4 Å². The minimum atomic E-state index is -3.93. The minimum Gasteiger partial charge on any atom is -0.379 e. The Bertz CT molecular complexity index is 1100. The second kappa shape index (κ2) is 44.5. The van der Waals surface area contributed by atoms with E-state index in [4.69, 9.17) is 32.6 Å². The van der Waals surface area contributed by atoms with E-state index in [9.17, 15) is 8.42 Å².